The SMILES string of the molecule is C=CC=C1/C(=C\C)Nc2ccccc2S1(=O)=O. The Labute approximate surface area is 101 Å². The molecule has 2 rings (SSSR count). The van der Waals surface area contributed by atoms with E-state index in [0.717, 1.165) is 0 Å². The Balaban J connectivity index is 2.77. The molecule has 0 unspecified atom stereocenters. The Hall–Kier alpha value is -1.81. The lowest BCUT2D eigenvalue weighted by atomic mass is 10.2. The van der Waals surface area contributed by atoms with E-state index in [0.29, 0.717) is 16.3 Å². The molecule has 0 aliphatic carbocycles. The zero-order valence-electron chi connectivity index (χ0n) is 9.47. The van der Waals surface area contributed by atoms with E-state index in [4.69, 9.17) is 0 Å². The molecule has 1 aliphatic heterocycles. The van der Waals surface area contributed by atoms with Crippen molar-refractivity contribution in [3.05, 3.63) is 59.7 Å². The normalized spacial score (nSPS) is 21.9. The van der Waals surface area contributed by atoms with Gasteiger partial charge in [0.05, 0.1) is 21.2 Å². The van der Waals surface area contributed by atoms with E-state index in [1.807, 2.05) is 0 Å². The number of hydrogen-bond donors (Lipinski definition) is 1. The molecule has 1 aromatic carbocycles. The molecule has 1 N–H and O–H groups in total. The van der Waals surface area contributed by atoms with Crippen LogP contribution in [0.25, 0.3) is 0 Å². The van der Waals surface area contributed by atoms with Crippen molar-refractivity contribution in [3.8, 4) is 0 Å². The molecule has 0 atom stereocenters. The molecule has 0 saturated heterocycles. The van der Waals surface area contributed by atoms with Crippen molar-refractivity contribution < 1.29 is 8.42 Å². The van der Waals surface area contributed by atoms with Crippen molar-refractivity contribution in [2.24, 2.45) is 0 Å². The summed E-state index contributed by atoms with van der Waals surface area (Å²) in [5.41, 5.74) is 1.20. The minimum atomic E-state index is -3.45. The van der Waals surface area contributed by atoms with Gasteiger partial charge in [-0.05, 0) is 25.1 Å². The van der Waals surface area contributed by atoms with Gasteiger partial charge in [0.1, 0.15) is 0 Å². The first-order valence-corrected chi connectivity index (χ1v) is 6.70. The molecule has 0 aromatic heterocycles. The number of para-hydroxylation sites is 1. The van der Waals surface area contributed by atoms with E-state index in [-0.39, 0.29) is 4.91 Å². The first kappa shape index (κ1) is 11.7. The van der Waals surface area contributed by atoms with Crippen LogP contribution < -0.4 is 5.32 Å². The van der Waals surface area contributed by atoms with Crippen molar-refractivity contribution in [1.82, 2.24) is 0 Å². The van der Waals surface area contributed by atoms with Crippen molar-refractivity contribution >= 4 is 15.5 Å². The number of rotatable bonds is 1. The van der Waals surface area contributed by atoms with Gasteiger partial charge in [0.2, 0.25) is 9.84 Å². The average Bonchev–Trinajstić information content (AvgIpc) is 2.33. The van der Waals surface area contributed by atoms with Crippen molar-refractivity contribution in [2.75, 3.05) is 5.32 Å². The molecular formula is C13H13NO2S. The summed E-state index contributed by atoms with van der Waals surface area (Å²) in [5.74, 6) is 0. The summed E-state index contributed by atoms with van der Waals surface area (Å²) in [5, 5.41) is 3.10. The highest BCUT2D eigenvalue weighted by atomic mass is 32.2. The van der Waals surface area contributed by atoms with Gasteiger partial charge in [0.15, 0.2) is 0 Å². The monoisotopic (exact) mass is 247 g/mol. The quantitative estimate of drug-likeness (QED) is 0.830. The molecule has 0 spiro atoms. The predicted octanol–water partition coefficient (Wildman–Crippen LogP) is 2.86. The van der Waals surface area contributed by atoms with Crippen LogP contribution in [0.3, 0.4) is 0 Å². The van der Waals surface area contributed by atoms with Crippen LogP contribution in [0.2, 0.25) is 0 Å². The van der Waals surface area contributed by atoms with E-state index >= 15 is 0 Å². The Morgan fingerprint density at radius 1 is 1.29 bits per heavy atom. The van der Waals surface area contributed by atoms with Gasteiger partial charge in [0.25, 0.3) is 0 Å². The molecule has 1 aromatic rings. The summed E-state index contributed by atoms with van der Waals surface area (Å²) in [6, 6.07) is 6.86. The van der Waals surface area contributed by atoms with E-state index in [1.54, 1.807) is 37.3 Å². The van der Waals surface area contributed by atoms with Crippen molar-refractivity contribution in [2.45, 2.75) is 11.8 Å². The van der Waals surface area contributed by atoms with Gasteiger partial charge in [-0.25, -0.2) is 8.42 Å². The number of sulfone groups is 1. The Kier molecular flexibility index (Phi) is 2.90. The summed E-state index contributed by atoms with van der Waals surface area (Å²) < 4.78 is 24.7. The zero-order valence-corrected chi connectivity index (χ0v) is 10.3. The second-order valence-electron chi connectivity index (χ2n) is 3.59. The minimum absolute atomic E-state index is 0.258. The Morgan fingerprint density at radius 2 is 2.00 bits per heavy atom. The molecule has 1 heterocycles. The number of fused-ring (bicyclic) bond motifs is 1. The van der Waals surface area contributed by atoms with E-state index in [9.17, 15) is 8.42 Å². The zero-order chi connectivity index (χ0) is 12.5. The van der Waals surface area contributed by atoms with E-state index in [2.05, 4.69) is 11.9 Å². The molecule has 4 heteroatoms. The van der Waals surface area contributed by atoms with Crippen LogP contribution in [0.5, 0.6) is 0 Å². The highest BCUT2D eigenvalue weighted by Gasteiger charge is 2.30. The van der Waals surface area contributed by atoms with E-state index < -0.39 is 9.84 Å². The third-order valence-electron chi connectivity index (χ3n) is 2.56. The minimum Gasteiger partial charge on any atom is -0.354 e. The molecule has 0 amide bonds. The predicted molar refractivity (Wildman–Crippen MR) is 69.3 cm³/mol. The number of allylic oxidation sites excluding steroid dienone is 3. The molecule has 0 radical (unpaired) electrons. The lowest BCUT2D eigenvalue weighted by Crippen LogP contribution is -2.19. The third-order valence-corrected chi connectivity index (χ3v) is 4.43. The molecule has 88 valence electrons. The smallest absolute Gasteiger partial charge is 0.210 e. The standard InChI is InChI=1S/C13H13NO2S/c1-3-7-12-10(4-2)14-11-8-5-6-9-13(11)17(12,15)16/h3-9,14H,1H2,2H3/b10-4+,12-7?. The topological polar surface area (TPSA) is 46.2 Å². The molecule has 1 aliphatic rings. The van der Waals surface area contributed by atoms with Crippen LogP contribution in [0, 0.1) is 0 Å². The van der Waals surface area contributed by atoms with E-state index in [1.165, 1.54) is 12.2 Å². The highest BCUT2D eigenvalue weighted by molar-refractivity contribution is 7.95. The van der Waals surface area contributed by atoms with Gasteiger partial charge >= 0.3 is 0 Å². The molecule has 0 fully saturated rings. The summed E-state index contributed by atoms with van der Waals surface area (Å²) in [7, 11) is -3.45. The van der Waals surface area contributed by atoms with Gasteiger partial charge in [-0.3, -0.25) is 0 Å². The summed E-state index contributed by atoms with van der Waals surface area (Å²) in [6.45, 7) is 5.34. The lowest BCUT2D eigenvalue weighted by molar-refractivity contribution is 0.602. The largest absolute Gasteiger partial charge is 0.354 e. The molecule has 17 heavy (non-hydrogen) atoms. The number of anilines is 1. The second kappa shape index (κ2) is 4.22. The Bertz CT molecular complexity index is 625. The molecular weight excluding hydrogens is 234 g/mol. The van der Waals surface area contributed by atoms with Crippen LogP contribution in [0.15, 0.2) is 64.6 Å². The van der Waals surface area contributed by atoms with Crippen molar-refractivity contribution in [3.63, 3.8) is 0 Å². The van der Waals surface area contributed by atoms with Crippen LogP contribution in [0.1, 0.15) is 6.92 Å². The lowest BCUT2D eigenvalue weighted by Gasteiger charge is -2.23. The third kappa shape index (κ3) is 1.80. The maximum atomic E-state index is 12.4. The molecule has 0 saturated carbocycles. The molecule has 3 nitrogen and oxygen atoms in total. The van der Waals surface area contributed by atoms with Gasteiger partial charge in [-0.15, -0.1) is 0 Å². The van der Waals surface area contributed by atoms with Crippen LogP contribution in [0.4, 0.5) is 5.69 Å². The fraction of sp³-hybridized carbons (Fsp3) is 0.0769. The number of hydrogen-bond acceptors (Lipinski definition) is 3. The molecule has 0 bridgehead atoms. The van der Waals surface area contributed by atoms with Crippen molar-refractivity contribution in [1.29, 1.82) is 0 Å². The van der Waals surface area contributed by atoms with Gasteiger partial charge in [0, 0.05) is 0 Å². The van der Waals surface area contributed by atoms with Crippen LogP contribution in [-0.4, -0.2) is 8.42 Å². The summed E-state index contributed by atoms with van der Waals surface area (Å²) in [4.78, 5) is 0.562. The Morgan fingerprint density at radius 3 is 2.65 bits per heavy atom. The maximum absolute atomic E-state index is 12.4. The fourth-order valence-electron chi connectivity index (χ4n) is 1.77. The average molecular weight is 247 g/mol. The first-order valence-electron chi connectivity index (χ1n) is 5.22. The summed E-state index contributed by atoms with van der Waals surface area (Å²) in [6.07, 6.45) is 4.72. The first-order chi connectivity index (χ1) is 8.11. The van der Waals surface area contributed by atoms with Gasteiger partial charge in [-0.1, -0.05) is 30.9 Å². The highest BCUT2D eigenvalue weighted by Crippen LogP contribution is 2.36. The van der Waals surface area contributed by atoms with Gasteiger partial charge in [-0.2, -0.15) is 0 Å². The second-order valence-corrected chi connectivity index (χ2v) is 5.48. The number of nitrogens with one attached hydrogen (secondary N) is 1. The van der Waals surface area contributed by atoms with Crippen LogP contribution in [-0.2, 0) is 9.84 Å². The summed E-state index contributed by atoms with van der Waals surface area (Å²) >= 11 is 0. The maximum Gasteiger partial charge on any atom is 0.210 e. The fourth-order valence-corrected chi connectivity index (χ4v) is 3.41. The van der Waals surface area contributed by atoms with Crippen LogP contribution >= 0.6 is 0 Å². The van der Waals surface area contributed by atoms with Gasteiger partial charge < -0.3 is 5.32 Å². The number of benzene rings is 1.